The molecule has 4 heterocycles. The van der Waals surface area contributed by atoms with Crippen LogP contribution in [0.4, 0.5) is 17.1 Å². The molecule has 4 heteroatoms. The largest absolute Gasteiger partial charge is 0.309 e. The molecule has 4 nitrogen and oxygen atoms in total. The van der Waals surface area contributed by atoms with Crippen molar-refractivity contribution in [2.45, 2.75) is 19.3 Å². The van der Waals surface area contributed by atoms with E-state index in [1.807, 2.05) is 12.4 Å². The van der Waals surface area contributed by atoms with E-state index in [0.717, 1.165) is 22.7 Å². The lowest BCUT2D eigenvalue weighted by Crippen LogP contribution is -2.30. The SMILES string of the molecule is CC1(C)c2ccccc2N(c2cc(-n3c4ccccc4c4ccccc43)cc(-n3c4ccccc4c4ccccc43)c2)c2cnccc21. The summed E-state index contributed by atoms with van der Waals surface area (Å²) >= 11 is 0. The average molecular weight is 617 g/mol. The first-order valence-corrected chi connectivity index (χ1v) is 16.6. The molecule has 228 valence electrons. The highest BCUT2D eigenvalue weighted by molar-refractivity contribution is 6.10. The number of hydrogen-bond acceptors (Lipinski definition) is 2. The number of rotatable bonds is 3. The molecule has 1 aliphatic heterocycles. The fraction of sp³-hybridized carbons (Fsp3) is 0.0682. The van der Waals surface area contributed by atoms with E-state index in [4.69, 9.17) is 0 Å². The molecular formula is C44H32N4. The zero-order valence-corrected chi connectivity index (χ0v) is 26.8. The van der Waals surface area contributed by atoms with Gasteiger partial charge in [-0.2, -0.15) is 0 Å². The van der Waals surface area contributed by atoms with Crippen molar-refractivity contribution in [1.82, 2.24) is 14.1 Å². The Kier molecular flexibility index (Phi) is 5.59. The van der Waals surface area contributed by atoms with Crippen molar-refractivity contribution in [1.29, 1.82) is 0 Å². The van der Waals surface area contributed by atoms with Gasteiger partial charge in [0.25, 0.3) is 0 Å². The number of fused-ring (bicyclic) bond motifs is 8. The Balaban J connectivity index is 1.35. The van der Waals surface area contributed by atoms with Gasteiger partial charge in [-0.15, -0.1) is 0 Å². The summed E-state index contributed by atoms with van der Waals surface area (Å²) in [5.41, 5.74) is 12.7. The van der Waals surface area contributed by atoms with Gasteiger partial charge in [0, 0.05) is 33.2 Å². The van der Waals surface area contributed by atoms with E-state index >= 15 is 0 Å². The number of benzene rings is 6. The zero-order valence-electron chi connectivity index (χ0n) is 26.8. The van der Waals surface area contributed by atoms with Crippen LogP contribution in [0.2, 0.25) is 0 Å². The molecule has 0 fully saturated rings. The van der Waals surface area contributed by atoms with Gasteiger partial charge in [-0.05, 0) is 65.7 Å². The van der Waals surface area contributed by atoms with Gasteiger partial charge in [-0.1, -0.05) is 105 Å². The molecule has 6 aromatic carbocycles. The van der Waals surface area contributed by atoms with E-state index in [9.17, 15) is 0 Å². The minimum atomic E-state index is -0.175. The van der Waals surface area contributed by atoms with Crippen molar-refractivity contribution in [3.05, 3.63) is 169 Å². The fourth-order valence-electron chi connectivity index (χ4n) is 8.21. The summed E-state index contributed by atoms with van der Waals surface area (Å²) in [6, 6.07) is 53.0. The van der Waals surface area contributed by atoms with E-state index in [-0.39, 0.29) is 5.41 Å². The van der Waals surface area contributed by atoms with Crippen LogP contribution < -0.4 is 4.90 Å². The summed E-state index contributed by atoms with van der Waals surface area (Å²) in [6.07, 6.45) is 3.95. The summed E-state index contributed by atoms with van der Waals surface area (Å²) in [4.78, 5) is 7.08. The fourth-order valence-corrected chi connectivity index (χ4v) is 8.21. The molecule has 0 aliphatic carbocycles. The van der Waals surface area contributed by atoms with Crippen LogP contribution in [-0.4, -0.2) is 14.1 Å². The van der Waals surface area contributed by atoms with Gasteiger partial charge in [-0.3, -0.25) is 4.98 Å². The number of hydrogen-bond donors (Lipinski definition) is 0. The Morgan fingerprint density at radius 1 is 0.438 bits per heavy atom. The Hall–Kier alpha value is -6.13. The second-order valence-electron chi connectivity index (χ2n) is 13.3. The first-order chi connectivity index (χ1) is 23.6. The highest BCUT2D eigenvalue weighted by Crippen LogP contribution is 2.52. The molecule has 1 aliphatic rings. The Bertz CT molecular complexity index is 2440. The molecule has 0 atom stereocenters. The van der Waals surface area contributed by atoms with Crippen LogP contribution in [0.5, 0.6) is 0 Å². The number of para-hydroxylation sites is 5. The summed E-state index contributed by atoms with van der Waals surface area (Å²) in [6.45, 7) is 4.64. The normalized spacial score (nSPS) is 13.8. The second kappa shape index (κ2) is 9.93. The molecule has 0 saturated heterocycles. The second-order valence-corrected chi connectivity index (χ2v) is 13.3. The van der Waals surface area contributed by atoms with Crippen LogP contribution in [0.15, 0.2) is 158 Å². The zero-order chi connectivity index (χ0) is 32.0. The molecule has 0 unspecified atom stereocenters. The van der Waals surface area contributed by atoms with Crippen LogP contribution in [0.1, 0.15) is 25.0 Å². The van der Waals surface area contributed by atoms with Gasteiger partial charge < -0.3 is 14.0 Å². The van der Waals surface area contributed by atoms with Gasteiger partial charge in [0.15, 0.2) is 0 Å². The highest BCUT2D eigenvalue weighted by Gasteiger charge is 2.37. The van der Waals surface area contributed by atoms with Crippen LogP contribution >= 0.6 is 0 Å². The molecule has 0 saturated carbocycles. The van der Waals surface area contributed by atoms with Gasteiger partial charge in [0.2, 0.25) is 0 Å². The van der Waals surface area contributed by atoms with E-state index in [1.165, 1.54) is 60.4 Å². The maximum atomic E-state index is 4.67. The van der Waals surface area contributed by atoms with E-state index < -0.39 is 0 Å². The summed E-state index contributed by atoms with van der Waals surface area (Å²) in [5.74, 6) is 0. The summed E-state index contributed by atoms with van der Waals surface area (Å²) < 4.78 is 4.85. The molecular weight excluding hydrogens is 585 g/mol. The van der Waals surface area contributed by atoms with Crippen LogP contribution in [0, 0.1) is 0 Å². The summed E-state index contributed by atoms with van der Waals surface area (Å²) in [5, 5.41) is 4.99. The van der Waals surface area contributed by atoms with Gasteiger partial charge in [0.05, 0.1) is 56.7 Å². The third-order valence-corrected chi connectivity index (χ3v) is 10.4. The number of anilines is 3. The van der Waals surface area contributed by atoms with Crippen LogP contribution in [-0.2, 0) is 5.41 Å². The quantitative estimate of drug-likeness (QED) is 0.197. The van der Waals surface area contributed by atoms with Crippen molar-refractivity contribution >= 4 is 60.7 Å². The van der Waals surface area contributed by atoms with Gasteiger partial charge in [0.1, 0.15) is 0 Å². The van der Waals surface area contributed by atoms with Crippen LogP contribution in [0.25, 0.3) is 55.0 Å². The lowest BCUT2D eigenvalue weighted by molar-refractivity contribution is 0.630. The van der Waals surface area contributed by atoms with E-state index in [1.54, 1.807) is 0 Å². The Morgan fingerprint density at radius 3 is 1.38 bits per heavy atom. The molecule has 0 radical (unpaired) electrons. The monoisotopic (exact) mass is 616 g/mol. The predicted octanol–water partition coefficient (Wildman–Crippen LogP) is 11.4. The average Bonchev–Trinajstić information content (AvgIpc) is 3.65. The maximum absolute atomic E-state index is 4.67. The number of aromatic nitrogens is 3. The van der Waals surface area contributed by atoms with Crippen LogP contribution in [0.3, 0.4) is 0 Å². The Morgan fingerprint density at radius 2 is 0.854 bits per heavy atom. The number of nitrogens with zero attached hydrogens (tertiary/aromatic N) is 4. The van der Waals surface area contributed by atoms with Gasteiger partial charge >= 0.3 is 0 Å². The van der Waals surface area contributed by atoms with E-state index in [2.05, 4.69) is 178 Å². The van der Waals surface area contributed by atoms with Crippen molar-refractivity contribution in [3.8, 4) is 11.4 Å². The predicted molar refractivity (Wildman–Crippen MR) is 200 cm³/mol. The maximum Gasteiger partial charge on any atom is 0.0685 e. The van der Waals surface area contributed by atoms with Crippen molar-refractivity contribution in [3.63, 3.8) is 0 Å². The van der Waals surface area contributed by atoms with Gasteiger partial charge in [-0.25, -0.2) is 0 Å². The molecule has 48 heavy (non-hydrogen) atoms. The highest BCUT2D eigenvalue weighted by atomic mass is 15.2. The summed E-state index contributed by atoms with van der Waals surface area (Å²) in [7, 11) is 0. The molecule has 0 spiro atoms. The first kappa shape index (κ1) is 27.0. The minimum Gasteiger partial charge on any atom is -0.309 e. The smallest absolute Gasteiger partial charge is 0.0685 e. The van der Waals surface area contributed by atoms with Crippen molar-refractivity contribution in [2.24, 2.45) is 0 Å². The van der Waals surface area contributed by atoms with Crippen molar-refractivity contribution in [2.75, 3.05) is 4.90 Å². The Labute approximate surface area is 278 Å². The lowest BCUT2D eigenvalue weighted by Gasteiger charge is -2.41. The third-order valence-electron chi connectivity index (χ3n) is 10.4. The third kappa shape index (κ3) is 3.68. The van der Waals surface area contributed by atoms with E-state index in [0.29, 0.717) is 0 Å². The molecule has 9 aromatic rings. The topological polar surface area (TPSA) is 26.0 Å². The van der Waals surface area contributed by atoms with Crippen molar-refractivity contribution < 1.29 is 0 Å². The molecule has 0 bridgehead atoms. The minimum absolute atomic E-state index is 0.175. The first-order valence-electron chi connectivity index (χ1n) is 16.6. The molecule has 3 aromatic heterocycles. The number of pyridine rings is 1. The molecule has 10 rings (SSSR count). The molecule has 0 N–H and O–H groups in total. The molecule has 0 amide bonds. The standard InChI is InChI=1S/C44H32N4/c1-44(2)36-17-7-12-22-42(36)48(43-28-45-24-23-37(43)44)31-26-29(46-38-18-8-3-13-32(38)33-14-4-9-19-39(33)46)25-30(27-31)47-40-20-10-5-15-34(40)35-16-6-11-21-41(35)47/h3-28H,1-2H3. The lowest BCUT2D eigenvalue weighted by atomic mass is 9.74.